The molecule has 2 bridgehead atoms. The summed E-state index contributed by atoms with van der Waals surface area (Å²) < 4.78 is 0. The first-order valence-electron chi connectivity index (χ1n) is 5.23. The molecule has 0 N–H and O–H groups in total. The second-order valence-corrected chi connectivity index (χ2v) is 3.99. The summed E-state index contributed by atoms with van der Waals surface area (Å²) in [6, 6.07) is 10.3. The number of aryl methyl sites for hydroxylation is 1. The van der Waals surface area contributed by atoms with Crippen LogP contribution < -0.4 is 0 Å². The van der Waals surface area contributed by atoms with Crippen LogP contribution in [-0.2, 0) is 19.5 Å². The van der Waals surface area contributed by atoms with Crippen molar-refractivity contribution in [3.8, 4) is 0 Å². The number of hydrogen-bond donors (Lipinski definition) is 0. The van der Waals surface area contributed by atoms with Gasteiger partial charge < -0.3 is 0 Å². The smallest absolute Gasteiger partial charge is 0 e. The molecule has 3 rings (SSSR count). The van der Waals surface area contributed by atoms with Crippen molar-refractivity contribution in [2.45, 2.75) is 13.3 Å². The topological polar surface area (TPSA) is 0 Å². The average Bonchev–Trinajstić information content (AvgIpc) is 2.83. The summed E-state index contributed by atoms with van der Waals surface area (Å²) >= 11 is 0. The molecule has 0 heterocycles. The van der Waals surface area contributed by atoms with E-state index < -0.39 is 0 Å². The summed E-state index contributed by atoms with van der Waals surface area (Å²) in [7, 11) is 0. The maximum Gasteiger partial charge on any atom is 0 e. The van der Waals surface area contributed by atoms with Crippen LogP contribution in [0.15, 0.2) is 54.6 Å². The van der Waals surface area contributed by atoms with Gasteiger partial charge in [-0.05, 0) is 25.2 Å². The van der Waals surface area contributed by atoms with Crippen LogP contribution in [-0.4, -0.2) is 0 Å². The van der Waals surface area contributed by atoms with Crippen LogP contribution in [0.25, 0.3) is 0 Å². The Morgan fingerprint density at radius 2 is 1.33 bits per heavy atom. The van der Waals surface area contributed by atoms with Crippen LogP contribution in [0.1, 0.15) is 12.0 Å². The minimum absolute atomic E-state index is 0. The van der Waals surface area contributed by atoms with Gasteiger partial charge >= 0.3 is 0 Å². The van der Waals surface area contributed by atoms with Crippen LogP contribution in [0.5, 0.6) is 0 Å². The van der Waals surface area contributed by atoms with Gasteiger partial charge in [0.1, 0.15) is 0 Å². The normalized spacial score (nSPS) is 24.3. The predicted molar refractivity (Wildman–Crippen MR) is 61.1 cm³/mol. The van der Waals surface area contributed by atoms with Crippen molar-refractivity contribution in [2.75, 3.05) is 0 Å². The summed E-state index contributed by atoms with van der Waals surface area (Å²) in [6.45, 7) is 2.08. The first kappa shape index (κ1) is 12.4. The number of rotatable bonds is 0. The molecule has 2 aliphatic carbocycles. The zero-order valence-electron chi connectivity index (χ0n) is 8.89. The molecular weight excluding hydrogens is 271 g/mol. The van der Waals surface area contributed by atoms with E-state index in [2.05, 4.69) is 43.4 Å². The van der Waals surface area contributed by atoms with Crippen LogP contribution in [0, 0.1) is 18.8 Å². The first-order valence-corrected chi connectivity index (χ1v) is 5.23. The maximum atomic E-state index is 2.30. The zero-order valence-corrected chi connectivity index (χ0v) is 10.5. The van der Waals surface area contributed by atoms with E-state index in [0.29, 0.717) is 0 Å². The first-order chi connectivity index (χ1) is 6.84. The van der Waals surface area contributed by atoms with Crippen molar-refractivity contribution in [2.24, 2.45) is 11.8 Å². The summed E-state index contributed by atoms with van der Waals surface area (Å²) in [4.78, 5) is 0. The molecule has 1 heteroatoms. The molecule has 0 unspecified atom stereocenters. The second-order valence-electron chi connectivity index (χ2n) is 3.99. The van der Waals surface area contributed by atoms with Crippen LogP contribution in [0.4, 0.5) is 0 Å². The molecule has 0 fully saturated rings. The molecule has 0 spiro atoms. The van der Waals surface area contributed by atoms with E-state index >= 15 is 0 Å². The molecule has 1 aromatic rings. The zero-order chi connectivity index (χ0) is 9.80. The van der Waals surface area contributed by atoms with Crippen molar-refractivity contribution < 1.29 is 19.5 Å². The monoisotopic (exact) mass is 287 g/mol. The maximum absolute atomic E-state index is 2.30. The van der Waals surface area contributed by atoms with Gasteiger partial charge in [0, 0.05) is 19.5 Å². The summed E-state index contributed by atoms with van der Waals surface area (Å²) in [5.74, 6) is 1.62. The molecule has 0 amide bonds. The summed E-state index contributed by atoms with van der Waals surface area (Å²) in [5.41, 5.74) is 1.32. The Bertz CT molecular complexity index is 310. The Kier molecular flexibility index (Phi) is 4.98. The van der Waals surface area contributed by atoms with Crippen molar-refractivity contribution in [1.29, 1.82) is 0 Å². The van der Waals surface area contributed by atoms with E-state index in [-0.39, 0.29) is 19.5 Å². The van der Waals surface area contributed by atoms with Gasteiger partial charge in [0.25, 0.3) is 0 Å². The van der Waals surface area contributed by atoms with Gasteiger partial charge in [0.15, 0.2) is 0 Å². The van der Waals surface area contributed by atoms with Gasteiger partial charge in [-0.1, -0.05) is 60.2 Å². The molecule has 0 saturated carbocycles. The Morgan fingerprint density at radius 1 is 0.867 bits per heavy atom. The van der Waals surface area contributed by atoms with Crippen molar-refractivity contribution in [3.63, 3.8) is 0 Å². The van der Waals surface area contributed by atoms with Crippen LogP contribution >= 0.6 is 0 Å². The standard InChI is InChI=1S/2C7H8.Rh/c1-2-7-4-3-6(1)5-7;1-7-5-3-2-4-6-7;/h1-4,6-7H,5H2;2-6H,1H3;. The minimum Gasteiger partial charge on any atom is -0.0810 e. The van der Waals surface area contributed by atoms with Crippen LogP contribution in [0.2, 0.25) is 0 Å². The number of benzene rings is 1. The van der Waals surface area contributed by atoms with E-state index in [1.165, 1.54) is 12.0 Å². The molecule has 2 aliphatic rings. The summed E-state index contributed by atoms with van der Waals surface area (Å²) in [6.07, 6.45) is 10.5. The fourth-order valence-electron chi connectivity index (χ4n) is 1.86. The molecule has 0 atom stereocenters. The van der Waals surface area contributed by atoms with Gasteiger partial charge in [-0.25, -0.2) is 0 Å². The Labute approximate surface area is 105 Å². The predicted octanol–water partition coefficient (Wildman–Crippen LogP) is 3.74. The Morgan fingerprint density at radius 3 is 1.53 bits per heavy atom. The molecule has 81 valence electrons. The molecule has 0 saturated heterocycles. The molecular formula is C14H16Rh. The van der Waals surface area contributed by atoms with Gasteiger partial charge in [0.05, 0.1) is 0 Å². The molecule has 1 radical (unpaired) electrons. The van der Waals surface area contributed by atoms with Gasteiger partial charge in [-0.15, -0.1) is 0 Å². The average molecular weight is 287 g/mol. The van der Waals surface area contributed by atoms with Gasteiger partial charge in [-0.2, -0.15) is 0 Å². The third-order valence-electron chi connectivity index (χ3n) is 2.70. The number of hydrogen-bond acceptors (Lipinski definition) is 0. The SMILES string of the molecule is C1=CC2C=CC1C2.Cc1ccccc1.[Rh]. The van der Waals surface area contributed by atoms with Crippen molar-refractivity contribution >= 4 is 0 Å². The largest absolute Gasteiger partial charge is 0.0810 e. The van der Waals surface area contributed by atoms with Crippen molar-refractivity contribution in [3.05, 3.63) is 60.2 Å². The van der Waals surface area contributed by atoms with E-state index in [1.54, 1.807) is 0 Å². The number of fused-ring (bicyclic) bond motifs is 2. The molecule has 0 aliphatic heterocycles. The quantitative estimate of drug-likeness (QED) is 0.503. The molecule has 15 heavy (non-hydrogen) atoms. The van der Waals surface area contributed by atoms with E-state index in [4.69, 9.17) is 0 Å². The Balaban J connectivity index is 0.000000141. The van der Waals surface area contributed by atoms with E-state index in [9.17, 15) is 0 Å². The minimum atomic E-state index is 0. The van der Waals surface area contributed by atoms with Gasteiger partial charge in [0.2, 0.25) is 0 Å². The fourth-order valence-corrected chi connectivity index (χ4v) is 1.86. The third kappa shape index (κ3) is 3.76. The van der Waals surface area contributed by atoms with Crippen LogP contribution in [0.3, 0.4) is 0 Å². The van der Waals surface area contributed by atoms with E-state index in [0.717, 1.165) is 11.8 Å². The Hall–Kier alpha value is -0.677. The molecule has 0 aromatic heterocycles. The summed E-state index contributed by atoms with van der Waals surface area (Å²) in [5, 5.41) is 0. The van der Waals surface area contributed by atoms with E-state index in [1.807, 2.05) is 18.2 Å². The van der Waals surface area contributed by atoms with Gasteiger partial charge in [-0.3, -0.25) is 0 Å². The van der Waals surface area contributed by atoms with Crippen molar-refractivity contribution in [1.82, 2.24) is 0 Å². The fraction of sp³-hybridized carbons (Fsp3) is 0.286. The third-order valence-corrected chi connectivity index (χ3v) is 2.70. The molecule has 1 aromatic carbocycles. The molecule has 0 nitrogen and oxygen atoms in total. The number of allylic oxidation sites excluding steroid dienone is 4. The second kappa shape index (κ2) is 6.03.